The summed E-state index contributed by atoms with van der Waals surface area (Å²) in [4.78, 5) is 4.36. The smallest absolute Gasteiger partial charge is 0.0940 e. The summed E-state index contributed by atoms with van der Waals surface area (Å²) in [7, 11) is 0. The monoisotopic (exact) mass is 200 g/mol. The summed E-state index contributed by atoms with van der Waals surface area (Å²) < 4.78 is 0. The van der Waals surface area contributed by atoms with Crippen molar-refractivity contribution in [2.45, 2.75) is 19.8 Å². The molecular weight excluding hydrogens is 184 g/mol. The Labute approximate surface area is 82.8 Å². The molecule has 0 aliphatic heterocycles. The number of rotatable bonds is 6. The van der Waals surface area contributed by atoms with Crippen LogP contribution in [0.25, 0.3) is 0 Å². The zero-order valence-electron chi connectivity index (χ0n) is 7.92. The minimum absolute atomic E-state index is 0.267. The predicted octanol–water partition coefficient (Wildman–Crippen LogP) is 0.966. The second kappa shape index (κ2) is 6.07. The summed E-state index contributed by atoms with van der Waals surface area (Å²) in [5, 5.41) is 15.0. The summed E-state index contributed by atoms with van der Waals surface area (Å²) in [5.41, 5.74) is 1.11. The van der Waals surface area contributed by atoms with Crippen molar-refractivity contribution >= 4 is 11.3 Å². The fourth-order valence-corrected chi connectivity index (χ4v) is 1.82. The molecule has 0 atom stereocenters. The highest BCUT2D eigenvalue weighted by atomic mass is 32.1. The van der Waals surface area contributed by atoms with Crippen LogP contribution in [0.2, 0.25) is 0 Å². The van der Waals surface area contributed by atoms with Gasteiger partial charge in [-0.1, -0.05) is 0 Å². The summed E-state index contributed by atoms with van der Waals surface area (Å²) in [6.45, 7) is 4.12. The maximum absolute atomic E-state index is 8.54. The van der Waals surface area contributed by atoms with Crippen LogP contribution in [-0.2, 0) is 6.42 Å². The standard InChI is InChI=1S/C9H16N2OS/c1-8-7-13-9(11-8)3-5-10-4-2-6-12/h7,10,12H,2-6H2,1H3. The van der Waals surface area contributed by atoms with Crippen LogP contribution >= 0.6 is 11.3 Å². The maximum Gasteiger partial charge on any atom is 0.0940 e. The number of nitrogens with one attached hydrogen (secondary N) is 1. The van der Waals surface area contributed by atoms with Crippen LogP contribution in [0.5, 0.6) is 0 Å². The Balaban J connectivity index is 2.06. The Bertz CT molecular complexity index is 237. The van der Waals surface area contributed by atoms with E-state index in [-0.39, 0.29) is 6.61 Å². The van der Waals surface area contributed by atoms with Crippen molar-refractivity contribution in [1.82, 2.24) is 10.3 Å². The molecule has 13 heavy (non-hydrogen) atoms. The molecule has 0 saturated carbocycles. The second-order valence-corrected chi connectivity index (χ2v) is 3.90. The quantitative estimate of drug-likeness (QED) is 0.672. The average molecular weight is 200 g/mol. The molecule has 0 amide bonds. The fourth-order valence-electron chi connectivity index (χ4n) is 1.04. The Morgan fingerprint density at radius 1 is 1.54 bits per heavy atom. The van der Waals surface area contributed by atoms with Crippen LogP contribution in [-0.4, -0.2) is 29.8 Å². The summed E-state index contributed by atoms with van der Waals surface area (Å²) in [6.07, 6.45) is 1.82. The molecule has 0 aromatic carbocycles. The van der Waals surface area contributed by atoms with E-state index >= 15 is 0 Å². The lowest BCUT2D eigenvalue weighted by Gasteiger charge is -2.00. The Morgan fingerprint density at radius 2 is 2.38 bits per heavy atom. The first-order chi connectivity index (χ1) is 6.33. The van der Waals surface area contributed by atoms with E-state index in [1.165, 1.54) is 5.01 Å². The molecule has 4 heteroatoms. The molecule has 0 spiro atoms. The topological polar surface area (TPSA) is 45.1 Å². The van der Waals surface area contributed by atoms with Gasteiger partial charge < -0.3 is 10.4 Å². The highest BCUT2D eigenvalue weighted by Crippen LogP contribution is 2.08. The van der Waals surface area contributed by atoms with Gasteiger partial charge in [0.05, 0.1) is 5.01 Å². The number of nitrogens with zero attached hydrogens (tertiary/aromatic N) is 1. The number of hydrogen-bond donors (Lipinski definition) is 2. The zero-order chi connectivity index (χ0) is 9.52. The fraction of sp³-hybridized carbons (Fsp3) is 0.667. The van der Waals surface area contributed by atoms with Gasteiger partial charge in [-0.05, 0) is 19.9 Å². The molecule has 0 unspecified atom stereocenters. The molecule has 1 heterocycles. The summed E-state index contributed by atoms with van der Waals surface area (Å²) in [5.74, 6) is 0. The molecule has 0 aliphatic rings. The Hall–Kier alpha value is -0.450. The third kappa shape index (κ3) is 4.36. The average Bonchev–Trinajstić information content (AvgIpc) is 2.51. The van der Waals surface area contributed by atoms with Crippen LogP contribution in [0.15, 0.2) is 5.38 Å². The van der Waals surface area contributed by atoms with Crippen LogP contribution < -0.4 is 5.32 Å². The highest BCUT2D eigenvalue weighted by Gasteiger charge is 1.97. The molecule has 3 nitrogen and oxygen atoms in total. The van der Waals surface area contributed by atoms with Crippen LogP contribution in [0, 0.1) is 6.92 Å². The normalized spacial score (nSPS) is 10.6. The van der Waals surface area contributed by atoms with Crippen molar-refractivity contribution in [2.75, 3.05) is 19.7 Å². The van der Waals surface area contributed by atoms with E-state index in [0.717, 1.165) is 31.6 Å². The van der Waals surface area contributed by atoms with Crippen molar-refractivity contribution in [3.63, 3.8) is 0 Å². The van der Waals surface area contributed by atoms with E-state index < -0.39 is 0 Å². The van der Waals surface area contributed by atoms with E-state index in [1.807, 2.05) is 6.92 Å². The van der Waals surface area contributed by atoms with E-state index in [0.29, 0.717) is 0 Å². The van der Waals surface area contributed by atoms with Crippen LogP contribution in [0.1, 0.15) is 17.1 Å². The van der Waals surface area contributed by atoms with Gasteiger partial charge in [-0.3, -0.25) is 0 Å². The minimum Gasteiger partial charge on any atom is -0.396 e. The van der Waals surface area contributed by atoms with E-state index in [9.17, 15) is 0 Å². The molecular formula is C9H16N2OS. The molecule has 0 bridgehead atoms. The number of aryl methyl sites for hydroxylation is 1. The first kappa shape index (κ1) is 10.6. The summed E-state index contributed by atoms with van der Waals surface area (Å²) in [6, 6.07) is 0. The van der Waals surface area contributed by atoms with Crippen molar-refractivity contribution in [2.24, 2.45) is 0 Å². The number of aromatic nitrogens is 1. The SMILES string of the molecule is Cc1csc(CCNCCCO)n1. The minimum atomic E-state index is 0.267. The predicted molar refractivity (Wildman–Crippen MR) is 55.1 cm³/mol. The molecule has 1 rings (SSSR count). The van der Waals surface area contributed by atoms with E-state index in [2.05, 4.69) is 15.7 Å². The van der Waals surface area contributed by atoms with E-state index in [1.54, 1.807) is 11.3 Å². The van der Waals surface area contributed by atoms with Gasteiger partial charge in [0, 0.05) is 30.6 Å². The molecule has 74 valence electrons. The molecule has 0 aliphatic carbocycles. The first-order valence-electron chi connectivity index (χ1n) is 4.55. The van der Waals surface area contributed by atoms with Crippen LogP contribution in [0.3, 0.4) is 0 Å². The van der Waals surface area contributed by atoms with Gasteiger partial charge in [-0.25, -0.2) is 4.98 Å². The third-order valence-electron chi connectivity index (χ3n) is 1.69. The number of aliphatic hydroxyl groups excluding tert-OH is 1. The largest absolute Gasteiger partial charge is 0.396 e. The van der Waals surface area contributed by atoms with Crippen molar-refractivity contribution < 1.29 is 5.11 Å². The van der Waals surface area contributed by atoms with Crippen LogP contribution in [0.4, 0.5) is 0 Å². The lowest BCUT2D eigenvalue weighted by Crippen LogP contribution is -2.19. The molecule has 1 aromatic rings. The first-order valence-corrected chi connectivity index (χ1v) is 5.43. The van der Waals surface area contributed by atoms with Gasteiger partial charge >= 0.3 is 0 Å². The lowest BCUT2D eigenvalue weighted by molar-refractivity contribution is 0.286. The van der Waals surface area contributed by atoms with Gasteiger partial charge in [0.1, 0.15) is 0 Å². The molecule has 1 aromatic heterocycles. The van der Waals surface area contributed by atoms with Gasteiger partial charge in [0.15, 0.2) is 0 Å². The van der Waals surface area contributed by atoms with Crippen molar-refractivity contribution in [3.8, 4) is 0 Å². The highest BCUT2D eigenvalue weighted by molar-refractivity contribution is 7.09. The number of thiazole rings is 1. The van der Waals surface area contributed by atoms with Gasteiger partial charge in [0.25, 0.3) is 0 Å². The zero-order valence-corrected chi connectivity index (χ0v) is 8.73. The third-order valence-corrected chi connectivity index (χ3v) is 2.72. The van der Waals surface area contributed by atoms with Gasteiger partial charge in [-0.2, -0.15) is 0 Å². The van der Waals surface area contributed by atoms with E-state index in [4.69, 9.17) is 5.11 Å². The Kier molecular flexibility index (Phi) is 4.97. The Morgan fingerprint density at radius 3 is 3.00 bits per heavy atom. The maximum atomic E-state index is 8.54. The summed E-state index contributed by atoms with van der Waals surface area (Å²) >= 11 is 1.71. The molecule has 0 fully saturated rings. The van der Waals surface area contributed by atoms with Crippen molar-refractivity contribution in [1.29, 1.82) is 0 Å². The van der Waals surface area contributed by atoms with Gasteiger partial charge in [-0.15, -0.1) is 11.3 Å². The lowest BCUT2D eigenvalue weighted by atomic mass is 10.4. The van der Waals surface area contributed by atoms with Crippen molar-refractivity contribution in [3.05, 3.63) is 16.1 Å². The molecule has 2 N–H and O–H groups in total. The second-order valence-electron chi connectivity index (χ2n) is 2.96. The molecule has 0 radical (unpaired) electrons. The number of aliphatic hydroxyl groups is 1. The number of hydrogen-bond acceptors (Lipinski definition) is 4. The van der Waals surface area contributed by atoms with Gasteiger partial charge in [0.2, 0.25) is 0 Å². The molecule has 0 saturated heterocycles.